The van der Waals surface area contributed by atoms with Gasteiger partial charge in [-0.25, -0.2) is 4.98 Å². The number of nitrogens with one attached hydrogen (secondary N) is 3. The number of fused-ring (bicyclic) bond motifs is 3. The van der Waals surface area contributed by atoms with Gasteiger partial charge in [0.25, 0.3) is 5.91 Å². The van der Waals surface area contributed by atoms with E-state index in [0.717, 1.165) is 40.8 Å². The summed E-state index contributed by atoms with van der Waals surface area (Å²) >= 11 is 1.49. The molecule has 6 nitrogen and oxygen atoms in total. The predicted molar refractivity (Wildman–Crippen MR) is 154 cm³/mol. The highest BCUT2D eigenvalue weighted by atomic mass is 32.2. The Morgan fingerprint density at radius 1 is 0.854 bits per heavy atom. The number of hydrogen-bond donors (Lipinski definition) is 3. The van der Waals surface area contributed by atoms with Gasteiger partial charge in [-0.05, 0) is 47.2 Å². The number of carbonyl (C=O) groups excluding carboxylic acids is 2. The molecule has 0 radical (unpaired) electrons. The molecule has 0 aliphatic heterocycles. The van der Waals surface area contributed by atoms with Crippen LogP contribution in [0.5, 0.6) is 0 Å². The molecule has 0 saturated heterocycles. The number of thioether (sulfide) groups is 1. The Kier molecular flexibility index (Phi) is 8.49. The first-order chi connectivity index (χ1) is 19.8. The summed E-state index contributed by atoms with van der Waals surface area (Å²) in [6, 6.07) is 24.1. The third-order valence-corrected chi connectivity index (χ3v) is 8.14. The topological polar surface area (TPSA) is 86.9 Å². The summed E-state index contributed by atoms with van der Waals surface area (Å²) in [6.07, 6.45) is -0.391. The fourth-order valence-corrected chi connectivity index (χ4v) is 6.18. The molecule has 5 rings (SSSR count). The molecule has 0 saturated carbocycles. The van der Waals surface area contributed by atoms with Crippen molar-refractivity contribution >= 4 is 29.3 Å². The zero-order valence-electron chi connectivity index (χ0n) is 22.1. The number of aromatic nitrogens is 2. The van der Waals surface area contributed by atoms with Gasteiger partial charge in [-0.2, -0.15) is 13.2 Å². The number of imidazole rings is 1. The zero-order chi connectivity index (χ0) is 28.9. The fourth-order valence-electron chi connectivity index (χ4n) is 5.33. The van der Waals surface area contributed by atoms with Crippen LogP contribution in [0.4, 0.5) is 18.9 Å². The number of halogens is 3. The van der Waals surface area contributed by atoms with Crippen LogP contribution in [0, 0.1) is 0 Å². The molecule has 4 aromatic rings. The molecule has 3 N–H and O–H groups in total. The summed E-state index contributed by atoms with van der Waals surface area (Å²) in [5, 5.41) is 5.62. The minimum Gasteiger partial charge on any atom is -0.346 e. The number of amides is 2. The van der Waals surface area contributed by atoms with E-state index in [9.17, 15) is 22.8 Å². The largest absolute Gasteiger partial charge is 0.405 e. The fraction of sp³-hybridized carbons (Fsp3) is 0.258. The van der Waals surface area contributed by atoms with Crippen molar-refractivity contribution in [1.82, 2.24) is 15.3 Å². The number of aromatic amines is 1. The van der Waals surface area contributed by atoms with E-state index in [2.05, 4.69) is 20.6 Å². The lowest BCUT2D eigenvalue weighted by Crippen LogP contribution is -2.47. The van der Waals surface area contributed by atoms with Crippen LogP contribution in [0.15, 0.2) is 90.2 Å². The number of hydrogen-bond acceptors (Lipinski definition) is 4. The lowest BCUT2D eigenvalue weighted by atomic mass is 9.73. The van der Waals surface area contributed by atoms with Gasteiger partial charge in [-0.1, -0.05) is 91.3 Å². The number of benzene rings is 3. The monoisotopic (exact) mass is 578 g/mol. The predicted octanol–water partition coefficient (Wildman–Crippen LogP) is 6.96. The average molecular weight is 579 g/mol. The number of rotatable bonds is 11. The van der Waals surface area contributed by atoms with E-state index in [1.54, 1.807) is 12.1 Å². The van der Waals surface area contributed by atoms with E-state index in [4.69, 9.17) is 0 Å². The van der Waals surface area contributed by atoms with Crippen LogP contribution in [0.2, 0.25) is 0 Å². The van der Waals surface area contributed by atoms with Gasteiger partial charge in [0.15, 0.2) is 5.16 Å². The molecule has 0 atom stereocenters. The first kappa shape index (κ1) is 28.5. The summed E-state index contributed by atoms with van der Waals surface area (Å²) in [4.78, 5) is 33.3. The van der Waals surface area contributed by atoms with Gasteiger partial charge in [0.1, 0.15) is 17.7 Å². The molecule has 10 heteroatoms. The summed E-state index contributed by atoms with van der Waals surface area (Å²) in [7, 11) is 0. The van der Waals surface area contributed by atoms with Crippen LogP contribution >= 0.6 is 11.8 Å². The second-order valence-corrected chi connectivity index (χ2v) is 11.0. The van der Waals surface area contributed by atoms with Crippen LogP contribution in [-0.2, 0) is 10.2 Å². The third-order valence-electron chi connectivity index (χ3n) is 7.16. The van der Waals surface area contributed by atoms with Gasteiger partial charge < -0.3 is 15.6 Å². The van der Waals surface area contributed by atoms with E-state index in [1.807, 2.05) is 66.7 Å². The molecule has 1 aliphatic carbocycles. The lowest BCUT2D eigenvalue weighted by molar-refractivity contribution is -0.141. The Labute approximate surface area is 240 Å². The Morgan fingerprint density at radius 2 is 1.49 bits per heavy atom. The highest BCUT2D eigenvalue weighted by Crippen LogP contribution is 2.51. The quantitative estimate of drug-likeness (QED) is 0.133. The van der Waals surface area contributed by atoms with Crippen molar-refractivity contribution in [3.8, 4) is 11.1 Å². The van der Waals surface area contributed by atoms with Crippen LogP contribution in [0.3, 0.4) is 0 Å². The molecule has 0 bridgehead atoms. The van der Waals surface area contributed by atoms with Crippen molar-refractivity contribution in [2.75, 3.05) is 17.6 Å². The molecule has 1 heterocycles. The normalized spacial score (nSPS) is 13.3. The molecule has 1 aromatic heterocycles. The van der Waals surface area contributed by atoms with Gasteiger partial charge in [0, 0.05) is 11.4 Å². The van der Waals surface area contributed by atoms with E-state index in [-0.39, 0.29) is 5.91 Å². The number of nitrogens with zero attached hydrogens (tertiary/aromatic N) is 1. The zero-order valence-corrected chi connectivity index (χ0v) is 22.9. The van der Waals surface area contributed by atoms with Crippen molar-refractivity contribution in [2.24, 2.45) is 0 Å². The first-order valence-electron chi connectivity index (χ1n) is 13.4. The number of H-pyrrole nitrogens is 1. The number of alkyl halides is 3. The number of unbranched alkanes of at least 4 members (excludes halogenated alkanes) is 2. The average Bonchev–Trinajstić information content (AvgIpc) is 3.56. The second kappa shape index (κ2) is 12.2. The Hall–Kier alpha value is -4.05. The second-order valence-electron chi connectivity index (χ2n) is 9.88. The van der Waals surface area contributed by atoms with Crippen LogP contribution in [0.25, 0.3) is 11.1 Å². The Morgan fingerprint density at radius 3 is 2.15 bits per heavy atom. The van der Waals surface area contributed by atoms with Gasteiger partial charge in [0.2, 0.25) is 5.91 Å². The van der Waals surface area contributed by atoms with E-state index in [1.165, 1.54) is 18.0 Å². The van der Waals surface area contributed by atoms with Gasteiger partial charge in [-0.3, -0.25) is 9.59 Å². The van der Waals surface area contributed by atoms with Gasteiger partial charge >= 0.3 is 6.18 Å². The molecule has 41 heavy (non-hydrogen) atoms. The van der Waals surface area contributed by atoms with Crippen LogP contribution in [0.1, 0.15) is 47.3 Å². The van der Waals surface area contributed by atoms with E-state index >= 15 is 0 Å². The highest BCUT2D eigenvalue weighted by molar-refractivity contribution is 7.99. The molecule has 1 aliphatic rings. The maximum Gasteiger partial charge on any atom is 0.405 e. The molecule has 0 spiro atoms. The molecular weight excluding hydrogens is 549 g/mol. The molecule has 0 unspecified atom stereocenters. The molecule has 212 valence electrons. The minimum atomic E-state index is -4.50. The molecule has 3 aromatic carbocycles. The van der Waals surface area contributed by atoms with Crippen LogP contribution < -0.4 is 10.6 Å². The Balaban J connectivity index is 1.20. The minimum absolute atomic E-state index is 0.276. The number of para-hydroxylation sites is 1. The SMILES string of the molecule is O=C(Nc1ccccc1)c1cnc(SCCCCCC2(C(=O)NCC(F)(F)F)c3ccccc3-c3ccccc32)[nH]1. The maximum atomic E-state index is 13.6. The number of carbonyl (C=O) groups is 2. The third kappa shape index (κ3) is 6.32. The Bertz CT molecular complexity index is 1480. The maximum absolute atomic E-state index is 13.6. The summed E-state index contributed by atoms with van der Waals surface area (Å²) < 4.78 is 39.1. The summed E-state index contributed by atoms with van der Waals surface area (Å²) in [5.41, 5.74) is 3.12. The van der Waals surface area contributed by atoms with Gasteiger partial charge in [0.05, 0.1) is 6.20 Å². The van der Waals surface area contributed by atoms with Crippen molar-refractivity contribution in [3.63, 3.8) is 0 Å². The van der Waals surface area contributed by atoms with Crippen molar-refractivity contribution in [1.29, 1.82) is 0 Å². The first-order valence-corrected chi connectivity index (χ1v) is 14.4. The number of anilines is 1. The summed E-state index contributed by atoms with van der Waals surface area (Å²) in [5.74, 6) is -0.173. The molecule has 0 fully saturated rings. The lowest BCUT2D eigenvalue weighted by Gasteiger charge is -2.31. The highest BCUT2D eigenvalue weighted by Gasteiger charge is 2.49. The van der Waals surface area contributed by atoms with Crippen molar-refractivity contribution in [2.45, 2.75) is 42.4 Å². The van der Waals surface area contributed by atoms with Gasteiger partial charge in [-0.15, -0.1) is 0 Å². The summed E-state index contributed by atoms with van der Waals surface area (Å²) in [6.45, 7) is -1.37. The molecule has 2 amide bonds. The smallest absolute Gasteiger partial charge is 0.346 e. The van der Waals surface area contributed by atoms with Crippen LogP contribution in [-0.4, -0.2) is 40.3 Å². The van der Waals surface area contributed by atoms with Crippen molar-refractivity contribution < 1.29 is 22.8 Å². The molecular formula is C31H29F3N4O2S. The standard InChI is InChI=1S/C31H29F3N4O2S/c32-31(33,34)20-36-28(40)30(24-15-7-5-13-22(24)23-14-6-8-16-25(23)30)17-9-2-10-18-41-29-35-19-26(38-29)27(39)37-21-11-3-1-4-12-21/h1,3-8,11-16,19H,2,9-10,17-18,20H2,(H,35,38)(H,36,40)(H,37,39). The van der Waals surface area contributed by atoms with E-state index in [0.29, 0.717) is 29.4 Å². The van der Waals surface area contributed by atoms with E-state index < -0.39 is 24.0 Å². The van der Waals surface area contributed by atoms with Crippen molar-refractivity contribution in [3.05, 3.63) is 102 Å².